The van der Waals surface area contributed by atoms with Gasteiger partial charge < -0.3 is 5.32 Å². The maximum atomic E-state index is 13.5. The first-order chi connectivity index (χ1) is 9.04. The van der Waals surface area contributed by atoms with Crippen molar-refractivity contribution in [2.45, 2.75) is 13.0 Å². The molecule has 0 aromatic heterocycles. The molecule has 0 amide bonds. The molecule has 4 heteroatoms. The second-order valence-corrected chi connectivity index (χ2v) is 5.63. The highest BCUT2D eigenvalue weighted by Gasteiger charge is 2.18. The summed E-state index contributed by atoms with van der Waals surface area (Å²) in [4.78, 5) is 0. The van der Waals surface area contributed by atoms with E-state index in [0.717, 1.165) is 15.6 Å². The molecule has 0 bridgehead atoms. The van der Waals surface area contributed by atoms with Crippen molar-refractivity contribution >= 4 is 27.5 Å². The van der Waals surface area contributed by atoms with Crippen LogP contribution >= 0.6 is 27.5 Å². The van der Waals surface area contributed by atoms with Gasteiger partial charge in [0.05, 0.1) is 6.04 Å². The van der Waals surface area contributed by atoms with E-state index in [1.54, 1.807) is 13.0 Å². The average Bonchev–Trinajstić information content (AvgIpc) is 2.38. The van der Waals surface area contributed by atoms with Gasteiger partial charge in [-0.15, -0.1) is 0 Å². The van der Waals surface area contributed by atoms with Gasteiger partial charge in [0.1, 0.15) is 5.82 Å². The lowest BCUT2D eigenvalue weighted by Crippen LogP contribution is -2.19. The van der Waals surface area contributed by atoms with Gasteiger partial charge >= 0.3 is 0 Å². The van der Waals surface area contributed by atoms with Crippen molar-refractivity contribution in [3.63, 3.8) is 0 Å². The Morgan fingerprint density at radius 3 is 2.53 bits per heavy atom. The predicted octanol–water partition coefficient (Wildman–Crippen LogP) is 4.86. The molecular weight excluding hydrogens is 329 g/mol. The van der Waals surface area contributed by atoms with E-state index >= 15 is 0 Å². The van der Waals surface area contributed by atoms with Crippen LogP contribution in [0, 0.1) is 12.7 Å². The topological polar surface area (TPSA) is 12.0 Å². The Morgan fingerprint density at radius 2 is 1.89 bits per heavy atom. The number of halogens is 3. The Morgan fingerprint density at radius 1 is 1.21 bits per heavy atom. The highest BCUT2D eigenvalue weighted by Crippen LogP contribution is 2.33. The molecule has 2 aromatic rings. The molecule has 19 heavy (non-hydrogen) atoms. The van der Waals surface area contributed by atoms with Crippen LogP contribution in [0.4, 0.5) is 4.39 Å². The minimum Gasteiger partial charge on any atom is -0.309 e. The normalized spacial score (nSPS) is 12.5. The van der Waals surface area contributed by atoms with E-state index in [0.29, 0.717) is 10.6 Å². The largest absolute Gasteiger partial charge is 0.309 e. The molecule has 0 heterocycles. The predicted molar refractivity (Wildman–Crippen MR) is 81.2 cm³/mol. The van der Waals surface area contributed by atoms with E-state index in [2.05, 4.69) is 21.2 Å². The molecule has 0 radical (unpaired) electrons. The second kappa shape index (κ2) is 6.04. The fraction of sp³-hybridized carbons (Fsp3) is 0.200. The molecule has 1 N–H and O–H groups in total. The molecular formula is C15H14BrClFN. The van der Waals surface area contributed by atoms with Crippen LogP contribution in [-0.4, -0.2) is 7.05 Å². The van der Waals surface area contributed by atoms with Crippen LogP contribution in [0.1, 0.15) is 22.7 Å². The van der Waals surface area contributed by atoms with Gasteiger partial charge in [0.25, 0.3) is 0 Å². The zero-order chi connectivity index (χ0) is 14.0. The van der Waals surface area contributed by atoms with Crippen molar-refractivity contribution < 1.29 is 4.39 Å². The summed E-state index contributed by atoms with van der Waals surface area (Å²) >= 11 is 9.72. The van der Waals surface area contributed by atoms with Gasteiger partial charge in [-0.05, 0) is 48.9 Å². The van der Waals surface area contributed by atoms with Crippen LogP contribution in [0.2, 0.25) is 5.02 Å². The number of nitrogens with one attached hydrogen (secondary N) is 1. The molecule has 1 nitrogen and oxygen atoms in total. The Balaban J connectivity index is 2.55. The molecule has 2 rings (SSSR count). The van der Waals surface area contributed by atoms with Crippen molar-refractivity contribution in [1.82, 2.24) is 5.32 Å². The van der Waals surface area contributed by atoms with Crippen LogP contribution in [0.3, 0.4) is 0 Å². The number of hydrogen-bond donors (Lipinski definition) is 1. The Hall–Kier alpha value is -0.900. The summed E-state index contributed by atoms with van der Waals surface area (Å²) in [5, 5.41) is 3.65. The Bertz CT molecular complexity index is 601. The SMILES string of the molecule is CNC(c1cc(C)c(F)cc1Cl)c1ccccc1Br. The second-order valence-electron chi connectivity index (χ2n) is 4.37. The van der Waals surface area contributed by atoms with E-state index in [-0.39, 0.29) is 11.9 Å². The first-order valence-electron chi connectivity index (χ1n) is 5.92. The molecule has 2 aromatic carbocycles. The van der Waals surface area contributed by atoms with Gasteiger partial charge in [-0.25, -0.2) is 4.39 Å². The number of benzene rings is 2. The van der Waals surface area contributed by atoms with Crippen molar-refractivity contribution in [1.29, 1.82) is 0 Å². The first kappa shape index (κ1) is 14.5. The van der Waals surface area contributed by atoms with Gasteiger partial charge in [0.15, 0.2) is 0 Å². The van der Waals surface area contributed by atoms with Crippen LogP contribution in [-0.2, 0) is 0 Å². The molecule has 1 unspecified atom stereocenters. The maximum absolute atomic E-state index is 13.5. The van der Waals surface area contributed by atoms with E-state index in [1.807, 2.05) is 31.3 Å². The quantitative estimate of drug-likeness (QED) is 0.840. The number of hydrogen-bond acceptors (Lipinski definition) is 1. The van der Waals surface area contributed by atoms with Gasteiger partial charge in [-0.1, -0.05) is 45.7 Å². The van der Waals surface area contributed by atoms with E-state index in [4.69, 9.17) is 11.6 Å². The zero-order valence-electron chi connectivity index (χ0n) is 10.7. The minimum absolute atomic E-state index is 0.0811. The van der Waals surface area contributed by atoms with Gasteiger partial charge in [-0.2, -0.15) is 0 Å². The molecule has 0 fully saturated rings. The lowest BCUT2D eigenvalue weighted by atomic mass is 9.97. The molecule has 0 aliphatic heterocycles. The van der Waals surface area contributed by atoms with Crippen LogP contribution in [0.15, 0.2) is 40.9 Å². The molecule has 0 saturated carbocycles. The summed E-state index contributed by atoms with van der Waals surface area (Å²) in [5.74, 6) is -0.282. The molecule has 1 atom stereocenters. The highest BCUT2D eigenvalue weighted by molar-refractivity contribution is 9.10. The minimum atomic E-state index is -0.282. The van der Waals surface area contributed by atoms with Gasteiger partial charge in [0.2, 0.25) is 0 Å². The summed E-state index contributed by atoms with van der Waals surface area (Å²) in [7, 11) is 1.86. The van der Waals surface area contributed by atoms with Crippen LogP contribution in [0.25, 0.3) is 0 Å². The fourth-order valence-electron chi connectivity index (χ4n) is 2.09. The number of aryl methyl sites for hydroxylation is 1. The monoisotopic (exact) mass is 341 g/mol. The first-order valence-corrected chi connectivity index (χ1v) is 7.09. The maximum Gasteiger partial charge on any atom is 0.127 e. The summed E-state index contributed by atoms with van der Waals surface area (Å²) in [6, 6.07) is 11.0. The van der Waals surface area contributed by atoms with Gasteiger partial charge in [-0.3, -0.25) is 0 Å². The molecule has 0 saturated heterocycles. The lowest BCUT2D eigenvalue weighted by molar-refractivity contribution is 0.614. The third-order valence-electron chi connectivity index (χ3n) is 3.09. The summed E-state index contributed by atoms with van der Waals surface area (Å²) in [6.45, 7) is 1.74. The average molecular weight is 343 g/mol. The Labute approximate surface area is 125 Å². The molecule has 0 aliphatic carbocycles. The summed E-state index contributed by atoms with van der Waals surface area (Å²) < 4.78 is 14.5. The van der Waals surface area contributed by atoms with Crippen molar-refractivity contribution in [3.05, 3.63) is 68.4 Å². The highest BCUT2D eigenvalue weighted by atomic mass is 79.9. The van der Waals surface area contributed by atoms with Crippen molar-refractivity contribution in [2.75, 3.05) is 7.05 Å². The molecule has 0 spiro atoms. The third-order valence-corrected chi connectivity index (χ3v) is 4.14. The Kier molecular flexibility index (Phi) is 4.61. The summed E-state index contributed by atoms with van der Waals surface area (Å²) in [5.41, 5.74) is 2.53. The van der Waals surface area contributed by atoms with E-state index < -0.39 is 0 Å². The van der Waals surface area contributed by atoms with Crippen molar-refractivity contribution in [3.8, 4) is 0 Å². The number of rotatable bonds is 3. The van der Waals surface area contributed by atoms with E-state index in [1.165, 1.54) is 6.07 Å². The van der Waals surface area contributed by atoms with Crippen LogP contribution < -0.4 is 5.32 Å². The zero-order valence-corrected chi connectivity index (χ0v) is 13.0. The van der Waals surface area contributed by atoms with Crippen LogP contribution in [0.5, 0.6) is 0 Å². The summed E-state index contributed by atoms with van der Waals surface area (Å²) in [6.07, 6.45) is 0. The standard InChI is InChI=1S/C15H14BrClFN/c1-9-7-11(13(17)8-14(9)18)15(19-2)10-5-3-4-6-12(10)16/h3-8,15,19H,1-2H3. The third kappa shape index (κ3) is 2.99. The fourth-order valence-corrected chi connectivity index (χ4v) is 2.86. The van der Waals surface area contributed by atoms with E-state index in [9.17, 15) is 4.39 Å². The molecule has 0 aliphatic rings. The van der Waals surface area contributed by atoms with Crippen molar-refractivity contribution in [2.24, 2.45) is 0 Å². The smallest absolute Gasteiger partial charge is 0.127 e. The lowest BCUT2D eigenvalue weighted by Gasteiger charge is -2.20. The molecule has 100 valence electrons. The van der Waals surface area contributed by atoms with Gasteiger partial charge in [0, 0.05) is 9.50 Å².